The number of esters is 1. The number of carbonyl (C=O) groups excluding carboxylic acids is 3. The van der Waals surface area contributed by atoms with Crippen molar-refractivity contribution in [3.05, 3.63) is 96.1 Å². The van der Waals surface area contributed by atoms with Crippen molar-refractivity contribution in [2.45, 2.75) is 31.8 Å². The Morgan fingerprint density at radius 2 is 1.36 bits per heavy atom. The minimum atomic E-state index is -1.02. The zero-order valence-corrected chi connectivity index (χ0v) is 22.0. The molecule has 0 spiro atoms. The second-order valence-corrected chi connectivity index (χ2v) is 9.43. The van der Waals surface area contributed by atoms with Crippen LogP contribution in [0.5, 0.6) is 0 Å². The fourth-order valence-corrected chi connectivity index (χ4v) is 4.58. The first-order valence-electron chi connectivity index (χ1n) is 12.8. The minimum Gasteiger partial charge on any atom is -0.460 e. The number of hydrogen-bond donors (Lipinski definition) is 3. The van der Waals surface area contributed by atoms with Gasteiger partial charge in [0.05, 0.1) is 12.6 Å². The van der Waals surface area contributed by atoms with Crippen LogP contribution >= 0.6 is 0 Å². The molecule has 0 aromatic heterocycles. The van der Waals surface area contributed by atoms with E-state index in [1.807, 2.05) is 84.9 Å². The van der Waals surface area contributed by atoms with Crippen molar-refractivity contribution in [1.29, 1.82) is 5.41 Å². The van der Waals surface area contributed by atoms with E-state index in [1.165, 1.54) is 11.9 Å². The van der Waals surface area contributed by atoms with E-state index < -0.39 is 35.7 Å². The average molecular weight is 525 g/mol. The van der Waals surface area contributed by atoms with Crippen LogP contribution in [0.4, 0.5) is 0 Å². The molecule has 0 bridgehead atoms. The van der Waals surface area contributed by atoms with Crippen LogP contribution in [-0.4, -0.2) is 54.3 Å². The number of nitrogens with zero attached hydrogens (tertiary/aromatic N) is 1. The van der Waals surface area contributed by atoms with E-state index in [0.29, 0.717) is 0 Å². The van der Waals surface area contributed by atoms with Gasteiger partial charge in [0.15, 0.2) is 0 Å². The van der Waals surface area contributed by atoms with Gasteiger partial charge in [-0.15, -0.1) is 0 Å². The monoisotopic (exact) mass is 524 g/mol. The Hall–Kier alpha value is -4.56. The molecule has 4 aromatic carbocycles. The summed E-state index contributed by atoms with van der Waals surface area (Å²) in [7, 11) is 1.52. The molecular weight excluding hydrogens is 492 g/mol. The maximum absolute atomic E-state index is 13.5. The summed E-state index contributed by atoms with van der Waals surface area (Å²) < 4.78 is 4.82. The van der Waals surface area contributed by atoms with Gasteiger partial charge in [0, 0.05) is 13.5 Å². The molecule has 200 valence electrons. The number of nitrogens with one attached hydrogen (secondary N) is 2. The normalized spacial score (nSPS) is 12.5. The van der Waals surface area contributed by atoms with Gasteiger partial charge in [0.2, 0.25) is 17.6 Å². The molecule has 4 rings (SSSR count). The second-order valence-electron chi connectivity index (χ2n) is 9.43. The van der Waals surface area contributed by atoms with Crippen LogP contribution in [0, 0.1) is 5.41 Å². The number of fused-ring (bicyclic) bond motifs is 2. The lowest BCUT2D eigenvalue weighted by Gasteiger charge is -2.29. The van der Waals surface area contributed by atoms with Crippen molar-refractivity contribution < 1.29 is 19.1 Å². The summed E-state index contributed by atoms with van der Waals surface area (Å²) in [5, 5.41) is 14.4. The zero-order valence-electron chi connectivity index (χ0n) is 22.0. The lowest BCUT2D eigenvalue weighted by atomic mass is 9.98. The van der Waals surface area contributed by atoms with Crippen LogP contribution in [0.3, 0.4) is 0 Å². The van der Waals surface area contributed by atoms with Crippen molar-refractivity contribution in [1.82, 2.24) is 10.2 Å². The molecule has 0 fully saturated rings. The zero-order chi connectivity index (χ0) is 27.9. The third kappa shape index (κ3) is 6.66. The number of carbonyl (C=O) groups is 3. The number of rotatable bonds is 8. The molecule has 2 amide bonds. The number of hydrogen-bond acceptors (Lipinski definition) is 6. The Morgan fingerprint density at radius 3 is 1.90 bits per heavy atom. The Kier molecular flexibility index (Phi) is 8.68. The van der Waals surface area contributed by atoms with Gasteiger partial charge in [-0.3, -0.25) is 15.0 Å². The number of benzene rings is 4. The lowest BCUT2D eigenvalue weighted by Crippen LogP contribution is -2.55. The minimum absolute atomic E-state index is 0.0691. The van der Waals surface area contributed by atoms with Crippen molar-refractivity contribution in [3.8, 4) is 0 Å². The summed E-state index contributed by atoms with van der Waals surface area (Å²) in [5.41, 5.74) is 8.07. The van der Waals surface area contributed by atoms with Gasteiger partial charge in [0.25, 0.3) is 0 Å². The quantitative estimate of drug-likeness (QED) is 0.185. The molecule has 4 aromatic rings. The highest BCUT2D eigenvalue weighted by atomic mass is 16.5. The largest absolute Gasteiger partial charge is 0.460 e. The Morgan fingerprint density at radius 1 is 0.846 bits per heavy atom. The highest BCUT2D eigenvalue weighted by Gasteiger charge is 2.31. The summed E-state index contributed by atoms with van der Waals surface area (Å²) in [4.78, 5) is 40.0. The first-order chi connectivity index (χ1) is 18.8. The molecule has 0 aliphatic rings. The van der Waals surface area contributed by atoms with Crippen LogP contribution in [0.1, 0.15) is 18.1 Å². The molecule has 4 N–H and O–H groups in total. The predicted octanol–water partition coefficient (Wildman–Crippen LogP) is 3.59. The van der Waals surface area contributed by atoms with Crippen LogP contribution in [0.15, 0.2) is 84.9 Å². The lowest BCUT2D eigenvalue weighted by molar-refractivity contribution is -0.140. The standard InChI is InChI=1S/C31H32N4O4/c1-3-39-31(38)28(33)34-29(36)27(19-21-13-15-23-9-5-7-11-25(23)17-21)35(2)30(37)26(32)18-20-12-14-22-8-4-6-10-24(22)16-20/h4-17,26-27H,3,18-19,32H2,1-2H3,(H2,33,34,36)/t26-,27-/m1/s1. The van der Waals surface area contributed by atoms with E-state index in [2.05, 4.69) is 5.32 Å². The van der Waals surface area contributed by atoms with Crippen molar-refractivity contribution in [2.75, 3.05) is 13.7 Å². The van der Waals surface area contributed by atoms with Crippen LogP contribution in [-0.2, 0) is 32.0 Å². The number of amides is 2. The topological polar surface area (TPSA) is 126 Å². The van der Waals surface area contributed by atoms with Gasteiger partial charge in [0.1, 0.15) is 6.04 Å². The second kappa shape index (κ2) is 12.3. The summed E-state index contributed by atoms with van der Waals surface area (Å²) in [6.07, 6.45) is 0.453. The van der Waals surface area contributed by atoms with Gasteiger partial charge < -0.3 is 20.7 Å². The first kappa shape index (κ1) is 27.5. The molecule has 39 heavy (non-hydrogen) atoms. The fraction of sp³-hybridized carbons (Fsp3) is 0.226. The summed E-state index contributed by atoms with van der Waals surface area (Å²) in [6, 6.07) is 25.6. The predicted molar refractivity (Wildman–Crippen MR) is 152 cm³/mol. The Bertz CT molecular complexity index is 1530. The third-order valence-electron chi connectivity index (χ3n) is 6.68. The van der Waals surface area contributed by atoms with E-state index in [1.54, 1.807) is 6.92 Å². The molecule has 0 aliphatic carbocycles. The highest BCUT2D eigenvalue weighted by Crippen LogP contribution is 2.20. The van der Waals surface area contributed by atoms with Crippen molar-refractivity contribution in [3.63, 3.8) is 0 Å². The third-order valence-corrected chi connectivity index (χ3v) is 6.68. The number of likely N-dealkylation sites (N-methyl/N-ethyl adjacent to an activating group) is 1. The van der Waals surface area contributed by atoms with E-state index in [9.17, 15) is 14.4 Å². The summed E-state index contributed by atoms with van der Waals surface area (Å²) >= 11 is 0. The fourth-order valence-electron chi connectivity index (χ4n) is 4.58. The molecule has 8 nitrogen and oxygen atoms in total. The number of nitrogens with two attached hydrogens (primary N) is 1. The maximum Gasteiger partial charge on any atom is 0.373 e. The molecule has 8 heteroatoms. The molecular formula is C31H32N4O4. The molecule has 2 atom stereocenters. The molecule has 0 unspecified atom stereocenters. The van der Waals surface area contributed by atoms with Crippen LogP contribution in [0.2, 0.25) is 0 Å². The van der Waals surface area contributed by atoms with E-state index >= 15 is 0 Å². The maximum atomic E-state index is 13.5. The SMILES string of the molecule is CCOC(=O)C(=N)NC(=O)[C@@H](Cc1ccc2ccccc2c1)N(C)C(=O)[C@H](N)Cc1ccc2ccccc2c1. The van der Waals surface area contributed by atoms with Gasteiger partial charge in [-0.05, 0) is 46.0 Å². The van der Waals surface area contributed by atoms with E-state index in [-0.39, 0.29) is 19.4 Å². The Labute approximate surface area is 227 Å². The molecule has 0 saturated heterocycles. The van der Waals surface area contributed by atoms with Gasteiger partial charge in [-0.2, -0.15) is 0 Å². The first-order valence-corrected chi connectivity index (χ1v) is 12.8. The van der Waals surface area contributed by atoms with Crippen LogP contribution < -0.4 is 11.1 Å². The van der Waals surface area contributed by atoms with E-state index in [0.717, 1.165) is 32.7 Å². The average Bonchev–Trinajstić information content (AvgIpc) is 2.95. The summed E-state index contributed by atoms with van der Waals surface area (Å²) in [6.45, 7) is 1.68. The number of ether oxygens (including phenoxy) is 1. The van der Waals surface area contributed by atoms with Crippen molar-refractivity contribution >= 4 is 45.2 Å². The Balaban J connectivity index is 1.55. The number of amidine groups is 1. The summed E-state index contributed by atoms with van der Waals surface area (Å²) in [5.74, 6) is -2.73. The molecule has 0 aliphatic heterocycles. The molecule has 0 radical (unpaired) electrons. The van der Waals surface area contributed by atoms with Gasteiger partial charge in [-0.1, -0.05) is 84.9 Å². The molecule has 0 heterocycles. The molecule has 0 saturated carbocycles. The van der Waals surface area contributed by atoms with Crippen LogP contribution in [0.25, 0.3) is 21.5 Å². The van der Waals surface area contributed by atoms with E-state index in [4.69, 9.17) is 15.9 Å². The smallest absolute Gasteiger partial charge is 0.373 e. The van der Waals surface area contributed by atoms with Gasteiger partial charge >= 0.3 is 5.97 Å². The highest BCUT2D eigenvalue weighted by molar-refractivity contribution is 6.37. The van der Waals surface area contributed by atoms with Gasteiger partial charge in [-0.25, -0.2) is 4.79 Å². The van der Waals surface area contributed by atoms with Crippen molar-refractivity contribution in [2.24, 2.45) is 5.73 Å².